The maximum atomic E-state index is 9.72. The van der Waals surface area contributed by atoms with E-state index in [9.17, 15) is 5.11 Å². The van der Waals surface area contributed by atoms with Gasteiger partial charge in [0.2, 0.25) is 0 Å². The van der Waals surface area contributed by atoms with Gasteiger partial charge in [-0.3, -0.25) is 5.10 Å². The van der Waals surface area contributed by atoms with E-state index in [-0.39, 0.29) is 18.2 Å². The lowest BCUT2D eigenvalue weighted by Gasteiger charge is -2.06. The van der Waals surface area contributed by atoms with E-state index in [2.05, 4.69) is 27.6 Å². The average molecular weight is 304 g/mol. The number of fused-ring (bicyclic) bond motifs is 1. The quantitative estimate of drug-likeness (QED) is 0.635. The zero-order valence-electron chi connectivity index (χ0n) is 11.5. The number of phenols is 1. The molecule has 1 heterocycles. The molecule has 4 nitrogen and oxygen atoms in total. The summed E-state index contributed by atoms with van der Waals surface area (Å²) in [6.07, 6.45) is 2.67. The Hall–Kier alpha value is -2.04. The number of benzene rings is 2. The molecule has 0 aliphatic carbocycles. The Morgan fingerprint density at radius 3 is 2.71 bits per heavy atom. The molecule has 0 aliphatic rings. The summed E-state index contributed by atoms with van der Waals surface area (Å²) < 4.78 is 0. The highest BCUT2D eigenvalue weighted by Crippen LogP contribution is 2.25. The van der Waals surface area contributed by atoms with Crippen LogP contribution in [0.1, 0.15) is 11.1 Å². The largest absolute Gasteiger partial charge is 0.506 e. The number of H-pyrrole nitrogens is 1. The molecule has 0 unspecified atom stereocenters. The minimum Gasteiger partial charge on any atom is -0.506 e. The molecule has 21 heavy (non-hydrogen) atoms. The summed E-state index contributed by atoms with van der Waals surface area (Å²) in [5.41, 5.74) is 3.18. The number of nitrogens with one attached hydrogen (secondary N) is 2. The molecule has 1 aromatic heterocycles. The lowest BCUT2D eigenvalue weighted by atomic mass is 10.1. The molecule has 3 N–H and O–H groups in total. The Labute approximate surface area is 129 Å². The van der Waals surface area contributed by atoms with Gasteiger partial charge in [-0.2, -0.15) is 5.10 Å². The number of halogens is 1. The van der Waals surface area contributed by atoms with Crippen molar-refractivity contribution >= 4 is 23.3 Å². The van der Waals surface area contributed by atoms with E-state index in [1.54, 1.807) is 12.3 Å². The van der Waals surface area contributed by atoms with Gasteiger partial charge in [0, 0.05) is 11.9 Å². The molecule has 0 fully saturated rings. The van der Waals surface area contributed by atoms with E-state index in [1.165, 1.54) is 11.1 Å². The number of aromatic nitrogens is 2. The molecule has 3 aromatic rings. The summed E-state index contributed by atoms with van der Waals surface area (Å²) in [6, 6.07) is 14.0. The van der Waals surface area contributed by atoms with Crippen molar-refractivity contribution in [3.05, 3.63) is 59.8 Å². The second-order valence-corrected chi connectivity index (χ2v) is 4.81. The molecular formula is C16H18ClN3O. The summed E-state index contributed by atoms with van der Waals surface area (Å²) in [7, 11) is 0. The summed E-state index contributed by atoms with van der Waals surface area (Å²) in [5.74, 6) is 0.249. The van der Waals surface area contributed by atoms with Crippen LogP contribution in [-0.4, -0.2) is 21.8 Å². The number of nitrogens with zero attached hydrogens (tertiary/aromatic N) is 1. The lowest BCUT2D eigenvalue weighted by Crippen LogP contribution is -2.16. The normalized spacial score (nSPS) is 10.5. The molecule has 0 bridgehead atoms. The van der Waals surface area contributed by atoms with Crippen LogP contribution in [0.5, 0.6) is 5.75 Å². The fourth-order valence-corrected chi connectivity index (χ4v) is 2.35. The molecule has 2 aromatic carbocycles. The van der Waals surface area contributed by atoms with Gasteiger partial charge in [0.25, 0.3) is 0 Å². The smallest absolute Gasteiger partial charge is 0.141 e. The van der Waals surface area contributed by atoms with Crippen LogP contribution in [-0.2, 0) is 13.0 Å². The first-order valence-electron chi connectivity index (χ1n) is 6.73. The number of phenolic OH excluding ortho intramolecular Hbond substituents is 1. The molecule has 0 radical (unpaired) electrons. The molecule has 0 spiro atoms. The number of aromatic hydroxyl groups is 1. The third-order valence-electron chi connectivity index (χ3n) is 3.43. The van der Waals surface area contributed by atoms with Crippen molar-refractivity contribution in [2.75, 3.05) is 6.54 Å². The Balaban J connectivity index is 0.00000161. The number of hydrogen-bond acceptors (Lipinski definition) is 3. The van der Waals surface area contributed by atoms with Crippen molar-refractivity contribution in [2.45, 2.75) is 13.0 Å². The van der Waals surface area contributed by atoms with E-state index in [0.717, 1.165) is 24.9 Å². The van der Waals surface area contributed by atoms with Gasteiger partial charge in [0.15, 0.2) is 0 Å². The van der Waals surface area contributed by atoms with Gasteiger partial charge in [-0.05, 0) is 30.2 Å². The molecule has 0 aliphatic heterocycles. The van der Waals surface area contributed by atoms with Crippen LogP contribution in [0.2, 0.25) is 0 Å². The van der Waals surface area contributed by atoms with Crippen LogP contribution in [0.25, 0.3) is 10.9 Å². The van der Waals surface area contributed by atoms with Crippen molar-refractivity contribution in [2.24, 2.45) is 0 Å². The van der Waals surface area contributed by atoms with Crippen molar-refractivity contribution in [1.82, 2.24) is 15.5 Å². The van der Waals surface area contributed by atoms with Crippen molar-refractivity contribution in [3.8, 4) is 5.75 Å². The Morgan fingerprint density at radius 1 is 1.10 bits per heavy atom. The Kier molecular flexibility index (Phi) is 5.20. The fraction of sp³-hybridized carbons (Fsp3) is 0.188. The predicted molar refractivity (Wildman–Crippen MR) is 86.9 cm³/mol. The Morgan fingerprint density at radius 2 is 1.90 bits per heavy atom. The molecule has 110 valence electrons. The van der Waals surface area contributed by atoms with E-state index < -0.39 is 0 Å². The standard InChI is InChI=1S/C16H17N3O.ClH/c20-15-7-6-13(14-11-18-19-16(14)15)8-9-17-10-12-4-2-1-3-5-12;/h1-7,11,17,20H,8-10H2,(H,18,19);1H. The highest BCUT2D eigenvalue weighted by Gasteiger charge is 2.06. The maximum absolute atomic E-state index is 9.72. The monoisotopic (exact) mass is 303 g/mol. The first kappa shape index (κ1) is 15.4. The third-order valence-corrected chi connectivity index (χ3v) is 3.43. The summed E-state index contributed by atoms with van der Waals surface area (Å²) in [6.45, 7) is 1.76. The van der Waals surface area contributed by atoms with Gasteiger partial charge in [0.1, 0.15) is 11.3 Å². The molecule has 0 amide bonds. The van der Waals surface area contributed by atoms with Crippen molar-refractivity contribution < 1.29 is 5.11 Å². The SMILES string of the molecule is Cl.Oc1ccc(CCNCc2ccccc2)c2cn[nH]c12. The maximum Gasteiger partial charge on any atom is 0.141 e. The molecule has 0 saturated carbocycles. The molecular weight excluding hydrogens is 286 g/mol. The highest BCUT2D eigenvalue weighted by atomic mass is 35.5. The van der Waals surface area contributed by atoms with E-state index in [0.29, 0.717) is 5.52 Å². The zero-order chi connectivity index (χ0) is 13.8. The van der Waals surface area contributed by atoms with E-state index in [1.807, 2.05) is 24.3 Å². The number of aromatic amines is 1. The molecule has 3 rings (SSSR count). The first-order valence-corrected chi connectivity index (χ1v) is 6.73. The van der Waals surface area contributed by atoms with Crippen molar-refractivity contribution in [3.63, 3.8) is 0 Å². The lowest BCUT2D eigenvalue weighted by molar-refractivity contribution is 0.480. The van der Waals surface area contributed by atoms with E-state index >= 15 is 0 Å². The fourth-order valence-electron chi connectivity index (χ4n) is 2.35. The zero-order valence-corrected chi connectivity index (χ0v) is 12.4. The highest BCUT2D eigenvalue weighted by molar-refractivity contribution is 5.86. The minimum absolute atomic E-state index is 0. The van der Waals surface area contributed by atoms with Gasteiger partial charge >= 0.3 is 0 Å². The topological polar surface area (TPSA) is 60.9 Å². The second kappa shape index (κ2) is 7.11. The van der Waals surface area contributed by atoms with Crippen LogP contribution >= 0.6 is 12.4 Å². The first-order chi connectivity index (χ1) is 9.84. The third kappa shape index (κ3) is 3.54. The molecule has 5 heteroatoms. The van der Waals surface area contributed by atoms with Gasteiger partial charge < -0.3 is 10.4 Å². The number of rotatable bonds is 5. The molecule has 0 atom stereocenters. The van der Waals surface area contributed by atoms with Crippen LogP contribution in [0.15, 0.2) is 48.7 Å². The predicted octanol–water partition coefficient (Wildman–Crippen LogP) is 3.02. The second-order valence-electron chi connectivity index (χ2n) is 4.81. The van der Waals surface area contributed by atoms with Gasteiger partial charge in [-0.15, -0.1) is 12.4 Å². The van der Waals surface area contributed by atoms with Gasteiger partial charge in [-0.1, -0.05) is 36.4 Å². The average Bonchev–Trinajstić information content (AvgIpc) is 2.97. The van der Waals surface area contributed by atoms with Crippen LogP contribution in [0, 0.1) is 0 Å². The van der Waals surface area contributed by atoms with E-state index in [4.69, 9.17) is 0 Å². The summed E-state index contributed by atoms with van der Waals surface area (Å²) in [4.78, 5) is 0. The Bertz CT molecular complexity index is 697. The van der Waals surface area contributed by atoms with Gasteiger partial charge in [0.05, 0.1) is 6.20 Å². The van der Waals surface area contributed by atoms with Crippen LogP contribution < -0.4 is 5.32 Å². The number of hydrogen-bond donors (Lipinski definition) is 3. The van der Waals surface area contributed by atoms with Crippen molar-refractivity contribution in [1.29, 1.82) is 0 Å². The van der Waals surface area contributed by atoms with Crippen LogP contribution in [0.3, 0.4) is 0 Å². The minimum atomic E-state index is 0. The van der Waals surface area contributed by atoms with Gasteiger partial charge in [-0.25, -0.2) is 0 Å². The summed E-state index contributed by atoms with van der Waals surface area (Å²) in [5, 5.41) is 21.0. The molecule has 0 saturated heterocycles. The summed E-state index contributed by atoms with van der Waals surface area (Å²) >= 11 is 0. The van der Waals surface area contributed by atoms with Crippen LogP contribution in [0.4, 0.5) is 0 Å².